The van der Waals surface area contributed by atoms with Gasteiger partial charge in [0.05, 0.1) is 24.1 Å². The number of hydrogen-bond acceptors (Lipinski definition) is 5. The number of ether oxygens (including phenoxy) is 2. The second-order valence-electron chi connectivity index (χ2n) is 7.60. The van der Waals surface area contributed by atoms with Crippen molar-refractivity contribution in [2.75, 3.05) is 12.4 Å². The fraction of sp³-hybridized carbons (Fsp3) is 0.318. The maximum absolute atomic E-state index is 12.2. The van der Waals surface area contributed by atoms with Crippen LogP contribution in [0.5, 0.6) is 5.75 Å². The van der Waals surface area contributed by atoms with E-state index in [0.717, 1.165) is 42.1 Å². The Hall–Kier alpha value is -3.04. The third-order valence-corrected chi connectivity index (χ3v) is 6.34. The van der Waals surface area contributed by atoms with Crippen molar-refractivity contribution < 1.29 is 27.2 Å². The molecule has 1 fully saturated rings. The summed E-state index contributed by atoms with van der Waals surface area (Å²) in [6.07, 6.45) is 5.44. The number of rotatable bonds is 6. The summed E-state index contributed by atoms with van der Waals surface area (Å²) in [7, 11) is -2.87. The van der Waals surface area contributed by atoms with Gasteiger partial charge in [-0.15, -0.1) is 0 Å². The lowest BCUT2D eigenvalue weighted by molar-refractivity contribution is 0.114. The molecule has 3 aromatic rings. The summed E-state index contributed by atoms with van der Waals surface area (Å²) in [6.45, 7) is 0.411. The van der Waals surface area contributed by atoms with Gasteiger partial charge in [0.15, 0.2) is 0 Å². The maximum Gasteiger partial charge on any atom is 0.411 e. The third-order valence-electron chi connectivity index (χ3n) is 5.49. The maximum atomic E-state index is 12.2. The van der Waals surface area contributed by atoms with Gasteiger partial charge in [0.2, 0.25) is 0 Å². The average Bonchev–Trinajstić information content (AvgIpc) is 3.37. The van der Waals surface area contributed by atoms with Crippen molar-refractivity contribution >= 4 is 32.8 Å². The molecule has 4 rings (SSSR count). The van der Waals surface area contributed by atoms with Gasteiger partial charge in [-0.25, -0.2) is 4.79 Å². The molecule has 2 N–H and O–H groups in total. The van der Waals surface area contributed by atoms with Crippen LogP contribution < -0.4 is 10.1 Å². The minimum atomic E-state index is -4.31. The minimum absolute atomic E-state index is 0.00855. The molecule has 1 heterocycles. The van der Waals surface area contributed by atoms with Crippen molar-refractivity contribution in [3.63, 3.8) is 0 Å². The molecule has 0 spiro atoms. The Labute approximate surface area is 180 Å². The van der Waals surface area contributed by atoms with Crippen molar-refractivity contribution in [1.82, 2.24) is 4.57 Å². The molecule has 0 atom stereocenters. The number of benzene rings is 2. The Balaban J connectivity index is 1.56. The van der Waals surface area contributed by atoms with Gasteiger partial charge in [-0.2, -0.15) is 8.42 Å². The number of hydrogen-bond donors (Lipinski definition) is 2. The van der Waals surface area contributed by atoms with Gasteiger partial charge in [-0.1, -0.05) is 12.1 Å². The third kappa shape index (κ3) is 4.83. The molecule has 1 aromatic heterocycles. The summed E-state index contributed by atoms with van der Waals surface area (Å²) in [5.41, 5.74) is 2.26. The van der Waals surface area contributed by atoms with Gasteiger partial charge in [-0.3, -0.25) is 9.87 Å². The van der Waals surface area contributed by atoms with Crippen molar-refractivity contribution in [1.29, 1.82) is 0 Å². The first kappa shape index (κ1) is 21.2. The van der Waals surface area contributed by atoms with E-state index in [2.05, 4.69) is 5.32 Å². The lowest BCUT2D eigenvalue weighted by Crippen LogP contribution is -2.20. The number of nitrogens with one attached hydrogen (secondary N) is 1. The molecule has 0 bridgehead atoms. The molecule has 1 aliphatic carbocycles. The first-order valence-electron chi connectivity index (χ1n) is 10.0. The van der Waals surface area contributed by atoms with Crippen LogP contribution in [0, 0.1) is 0 Å². The van der Waals surface area contributed by atoms with Crippen LogP contribution in [0.15, 0.2) is 53.6 Å². The van der Waals surface area contributed by atoms with E-state index in [1.165, 1.54) is 19.2 Å². The first-order chi connectivity index (χ1) is 14.8. The summed E-state index contributed by atoms with van der Waals surface area (Å²) < 4.78 is 44.8. The zero-order valence-electron chi connectivity index (χ0n) is 17.1. The number of anilines is 1. The van der Waals surface area contributed by atoms with Gasteiger partial charge in [0.25, 0.3) is 10.1 Å². The smallest absolute Gasteiger partial charge is 0.411 e. The molecule has 1 saturated carbocycles. The fourth-order valence-corrected chi connectivity index (χ4v) is 4.40. The predicted octanol–water partition coefficient (Wildman–Crippen LogP) is 4.44. The molecule has 0 radical (unpaired) electrons. The Morgan fingerprint density at radius 2 is 1.94 bits per heavy atom. The number of fused-ring (bicyclic) bond motifs is 1. The standard InChI is InChI=1S/C22H24N2O6S/c1-29-21-13-19(31(26,27)28)9-7-16(21)14-24-11-10-15-6-8-17(12-20(15)24)23-22(25)30-18-4-2-3-5-18/h6-13,18H,2-5,14H2,1H3,(H,23,25)(H,26,27,28). The Morgan fingerprint density at radius 1 is 1.16 bits per heavy atom. The van der Waals surface area contributed by atoms with Gasteiger partial charge in [0, 0.05) is 23.5 Å². The van der Waals surface area contributed by atoms with Crippen molar-refractivity contribution in [3.05, 3.63) is 54.2 Å². The van der Waals surface area contributed by atoms with E-state index in [4.69, 9.17) is 9.47 Å². The first-order valence-corrected chi connectivity index (χ1v) is 11.5. The van der Waals surface area contributed by atoms with E-state index < -0.39 is 16.2 Å². The highest BCUT2D eigenvalue weighted by Gasteiger charge is 2.19. The van der Waals surface area contributed by atoms with Crippen LogP contribution >= 0.6 is 0 Å². The normalized spacial score (nSPS) is 14.6. The monoisotopic (exact) mass is 444 g/mol. The Bertz CT molecular complexity index is 1210. The van der Waals surface area contributed by atoms with Gasteiger partial charge >= 0.3 is 6.09 Å². The van der Waals surface area contributed by atoms with E-state index in [9.17, 15) is 17.8 Å². The van der Waals surface area contributed by atoms with Crippen LogP contribution in [0.25, 0.3) is 10.9 Å². The van der Waals surface area contributed by atoms with E-state index in [1.807, 2.05) is 35.0 Å². The van der Waals surface area contributed by atoms with E-state index >= 15 is 0 Å². The van der Waals surface area contributed by atoms with E-state index in [0.29, 0.717) is 18.0 Å². The molecule has 0 aliphatic heterocycles. The largest absolute Gasteiger partial charge is 0.496 e. The lowest BCUT2D eigenvalue weighted by atomic mass is 10.2. The molecule has 0 saturated heterocycles. The topological polar surface area (TPSA) is 107 Å². The van der Waals surface area contributed by atoms with Crippen LogP contribution in [-0.2, 0) is 21.4 Å². The minimum Gasteiger partial charge on any atom is -0.496 e. The number of carbonyl (C=O) groups excluding carboxylic acids is 1. The second-order valence-corrected chi connectivity index (χ2v) is 9.02. The highest BCUT2D eigenvalue weighted by Crippen LogP contribution is 2.27. The van der Waals surface area contributed by atoms with Gasteiger partial charge in [-0.05, 0) is 55.3 Å². The fourth-order valence-electron chi connectivity index (χ4n) is 3.90. The zero-order valence-corrected chi connectivity index (χ0v) is 17.9. The van der Waals surface area contributed by atoms with Crippen molar-refractivity contribution in [3.8, 4) is 5.75 Å². The number of methoxy groups -OCH3 is 1. The molecule has 8 nitrogen and oxygen atoms in total. The molecule has 9 heteroatoms. The molecule has 1 aliphatic rings. The lowest BCUT2D eigenvalue weighted by Gasteiger charge is -2.13. The highest BCUT2D eigenvalue weighted by atomic mass is 32.2. The van der Waals surface area contributed by atoms with Crippen molar-refractivity contribution in [2.45, 2.75) is 43.2 Å². The van der Waals surface area contributed by atoms with E-state index in [-0.39, 0.29) is 11.0 Å². The van der Waals surface area contributed by atoms with Crippen LogP contribution in [0.1, 0.15) is 31.2 Å². The van der Waals surface area contributed by atoms with Crippen LogP contribution in [0.4, 0.5) is 10.5 Å². The number of amides is 1. The summed E-state index contributed by atoms with van der Waals surface area (Å²) in [4.78, 5) is 12.0. The quantitative estimate of drug-likeness (QED) is 0.545. The summed E-state index contributed by atoms with van der Waals surface area (Å²) >= 11 is 0. The second kappa shape index (κ2) is 8.60. The average molecular weight is 445 g/mol. The SMILES string of the molecule is COc1cc(S(=O)(=O)O)ccc1Cn1ccc2ccc(NC(=O)OC3CCCC3)cc21. The summed E-state index contributed by atoms with van der Waals surface area (Å²) in [6, 6.07) is 11.8. The summed E-state index contributed by atoms with van der Waals surface area (Å²) in [5.74, 6) is 0.353. The van der Waals surface area contributed by atoms with Crippen LogP contribution in [-0.4, -0.2) is 36.8 Å². The molecule has 2 aromatic carbocycles. The molecular weight excluding hydrogens is 420 g/mol. The number of aromatic nitrogens is 1. The van der Waals surface area contributed by atoms with E-state index in [1.54, 1.807) is 6.07 Å². The van der Waals surface area contributed by atoms with Crippen LogP contribution in [0.3, 0.4) is 0 Å². The zero-order chi connectivity index (χ0) is 22.0. The predicted molar refractivity (Wildman–Crippen MR) is 116 cm³/mol. The Morgan fingerprint density at radius 3 is 2.65 bits per heavy atom. The Kier molecular flexibility index (Phi) is 5.88. The molecular formula is C22H24N2O6S. The van der Waals surface area contributed by atoms with Gasteiger partial charge in [0.1, 0.15) is 11.9 Å². The molecule has 1 amide bonds. The van der Waals surface area contributed by atoms with Crippen LogP contribution in [0.2, 0.25) is 0 Å². The van der Waals surface area contributed by atoms with Crippen molar-refractivity contribution in [2.24, 2.45) is 0 Å². The number of nitrogens with zero attached hydrogens (tertiary/aromatic N) is 1. The van der Waals surface area contributed by atoms with Gasteiger partial charge < -0.3 is 14.0 Å². The highest BCUT2D eigenvalue weighted by molar-refractivity contribution is 7.85. The summed E-state index contributed by atoms with van der Waals surface area (Å²) in [5, 5.41) is 3.78. The molecule has 164 valence electrons. The number of carbonyl (C=O) groups is 1. The molecule has 31 heavy (non-hydrogen) atoms. The molecule has 0 unspecified atom stereocenters.